The highest BCUT2D eigenvalue weighted by atomic mass is 14.7. The first-order chi connectivity index (χ1) is 28.7. The molecule has 0 unspecified atom stereocenters. The summed E-state index contributed by atoms with van der Waals surface area (Å²) < 4.78 is 0. The third kappa shape index (κ3) is 5.12. The zero-order valence-electron chi connectivity index (χ0n) is 31.5. The fourth-order valence-corrected chi connectivity index (χ4v) is 9.26. The molecular formula is C56H34N2. The predicted octanol–water partition coefficient (Wildman–Crippen LogP) is 15.2. The molecule has 2 heteroatoms. The van der Waals surface area contributed by atoms with Crippen LogP contribution in [0.5, 0.6) is 0 Å². The lowest BCUT2D eigenvalue weighted by Gasteiger charge is -2.19. The van der Waals surface area contributed by atoms with Gasteiger partial charge in [-0.3, -0.25) is 4.98 Å². The van der Waals surface area contributed by atoms with E-state index in [4.69, 9.17) is 9.97 Å². The van der Waals surface area contributed by atoms with Gasteiger partial charge in [0.05, 0.1) is 16.7 Å². The van der Waals surface area contributed by atoms with Crippen LogP contribution >= 0.6 is 0 Å². The van der Waals surface area contributed by atoms with Crippen molar-refractivity contribution in [3.63, 3.8) is 0 Å². The molecule has 268 valence electrons. The maximum Gasteiger partial charge on any atom is 0.0794 e. The number of rotatable bonds is 4. The van der Waals surface area contributed by atoms with E-state index in [1.807, 2.05) is 12.3 Å². The number of para-hydroxylation sites is 1. The number of pyridine rings is 2. The van der Waals surface area contributed by atoms with Crippen LogP contribution in [0.4, 0.5) is 0 Å². The average Bonchev–Trinajstić information content (AvgIpc) is 3.30. The second-order valence-electron chi connectivity index (χ2n) is 15.3. The highest BCUT2D eigenvalue weighted by molar-refractivity contribution is 6.23. The zero-order chi connectivity index (χ0) is 38.2. The van der Waals surface area contributed by atoms with Gasteiger partial charge < -0.3 is 0 Å². The van der Waals surface area contributed by atoms with Crippen LogP contribution in [0.2, 0.25) is 0 Å². The number of fused-ring (bicyclic) bond motifs is 10. The summed E-state index contributed by atoms with van der Waals surface area (Å²) in [6, 6.07) is 72.8. The highest BCUT2D eigenvalue weighted by Crippen LogP contribution is 2.45. The summed E-state index contributed by atoms with van der Waals surface area (Å²) >= 11 is 0. The molecule has 0 saturated heterocycles. The summed E-state index contributed by atoms with van der Waals surface area (Å²) in [6.45, 7) is 0. The monoisotopic (exact) mass is 734 g/mol. The van der Waals surface area contributed by atoms with E-state index in [9.17, 15) is 0 Å². The molecule has 2 heterocycles. The van der Waals surface area contributed by atoms with Crippen LogP contribution in [-0.4, -0.2) is 9.97 Å². The van der Waals surface area contributed by atoms with E-state index in [-0.39, 0.29) is 0 Å². The minimum atomic E-state index is 0.942. The molecule has 10 aromatic carbocycles. The van der Waals surface area contributed by atoms with Crippen LogP contribution < -0.4 is 0 Å². The first-order valence-corrected chi connectivity index (χ1v) is 19.9. The van der Waals surface area contributed by atoms with Gasteiger partial charge >= 0.3 is 0 Å². The van der Waals surface area contributed by atoms with Gasteiger partial charge in [0, 0.05) is 33.5 Å². The molecule has 12 aromatic rings. The molecule has 0 amide bonds. The van der Waals surface area contributed by atoms with Gasteiger partial charge in [-0.2, -0.15) is 0 Å². The molecule has 0 aliphatic carbocycles. The minimum Gasteiger partial charge on any atom is -0.256 e. The maximum absolute atomic E-state index is 5.58. The van der Waals surface area contributed by atoms with E-state index in [1.165, 1.54) is 70.7 Å². The van der Waals surface area contributed by atoms with Gasteiger partial charge in [-0.05, 0) is 113 Å². The molecule has 2 aromatic heterocycles. The fraction of sp³-hybridized carbons (Fsp3) is 0. The quantitative estimate of drug-likeness (QED) is 0.168. The SMILES string of the molecule is c1ccc2ncc(-c3ccc(-c4cc(-c5cc6ccccc6c6ccccc56)c5cc(-c6cc7ccccc7c7ccccc67)c6ccccc6c5n4)cc3)cc2c1. The fourth-order valence-electron chi connectivity index (χ4n) is 9.26. The molecule has 12 rings (SSSR count). The minimum absolute atomic E-state index is 0.942. The Labute approximate surface area is 335 Å². The van der Waals surface area contributed by atoms with Crippen molar-refractivity contribution >= 4 is 75.7 Å². The molecule has 0 saturated carbocycles. The topological polar surface area (TPSA) is 25.8 Å². The van der Waals surface area contributed by atoms with E-state index in [2.05, 4.69) is 194 Å². The lowest BCUT2D eigenvalue weighted by molar-refractivity contribution is 1.40. The summed E-state index contributed by atoms with van der Waals surface area (Å²) in [6.07, 6.45) is 1.97. The number of aromatic nitrogens is 2. The van der Waals surface area contributed by atoms with Crippen molar-refractivity contribution in [2.75, 3.05) is 0 Å². The number of nitrogens with zero attached hydrogens (tertiary/aromatic N) is 2. The number of hydrogen-bond acceptors (Lipinski definition) is 2. The smallest absolute Gasteiger partial charge is 0.0794 e. The van der Waals surface area contributed by atoms with Crippen LogP contribution in [0, 0.1) is 0 Å². The Morgan fingerprint density at radius 3 is 1.34 bits per heavy atom. The van der Waals surface area contributed by atoms with Crippen molar-refractivity contribution in [1.82, 2.24) is 9.97 Å². The van der Waals surface area contributed by atoms with E-state index in [1.54, 1.807) is 0 Å². The van der Waals surface area contributed by atoms with Crippen molar-refractivity contribution in [2.24, 2.45) is 0 Å². The lowest BCUT2D eigenvalue weighted by Crippen LogP contribution is -1.95. The van der Waals surface area contributed by atoms with Crippen molar-refractivity contribution in [1.29, 1.82) is 0 Å². The summed E-state index contributed by atoms with van der Waals surface area (Å²) in [5, 5.41) is 14.6. The first-order valence-electron chi connectivity index (χ1n) is 19.9. The zero-order valence-corrected chi connectivity index (χ0v) is 31.5. The van der Waals surface area contributed by atoms with Crippen LogP contribution in [0.3, 0.4) is 0 Å². The van der Waals surface area contributed by atoms with E-state index in [0.717, 1.165) is 49.6 Å². The average molecular weight is 735 g/mol. The third-order valence-corrected chi connectivity index (χ3v) is 12.0. The predicted molar refractivity (Wildman–Crippen MR) is 246 cm³/mol. The Hall–Kier alpha value is -7.68. The van der Waals surface area contributed by atoms with Crippen molar-refractivity contribution < 1.29 is 0 Å². The van der Waals surface area contributed by atoms with Gasteiger partial charge in [-0.25, -0.2) is 4.98 Å². The summed E-state index contributed by atoms with van der Waals surface area (Å²) in [5.41, 5.74) is 11.0. The highest BCUT2D eigenvalue weighted by Gasteiger charge is 2.20. The molecule has 0 spiro atoms. The number of hydrogen-bond donors (Lipinski definition) is 0. The maximum atomic E-state index is 5.58. The van der Waals surface area contributed by atoms with Gasteiger partial charge in [0.1, 0.15) is 0 Å². The summed E-state index contributed by atoms with van der Waals surface area (Å²) in [5.74, 6) is 0. The second kappa shape index (κ2) is 12.9. The Bertz CT molecular complexity index is 3620. The number of benzene rings is 10. The van der Waals surface area contributed by atoms with E-state index in [0.29, 0.717) is 0 Å². The van der Waals surface area contributed by atoms with Crippen molar-refractivity contribution in [3.05, 3.63) is 206 Å². The van der Waals surface area contributed by atoms with E-state index >= 15 is 0 Å². The van der Waals surface area contributed by atoms with Crippen LogP contribution in [-0.2, 0) is 0 Å². The van der Waals surface area contributed by atoms with Crippen molar-refractivity contribution in [3.8, 4) is 44.6 Å². The molecule has 58 heavy (non-hydrogen) atoms. The third-order valence-electron chi connectivity index (χ3n) is 12.0. The van der Waals surface area contributed by atoms with E-state index < -0.39 is 0 Å². The van der Waals surface area contributed by atoms with Gasteiger partial charge in [-0.1, -0.05) is 164 Å². The van der Waals surface area contributed by atoms with Gasteiger partial charge in [0.2, 0.25) is 0 Å². The summed E-state index contributed by atoms with van der Waals surface area (Å²) in [7, 11) is 0. The Morgan fingerprint density at radius 1 is 0.276 bits per heavy atom. The standard InChI is InChI=1S/C56H34N2/c1-4-16-41-37(13-1)30-49(45-20-8-6-18-43(41)45)51-32-53-52(50-31-38-14-2-5-17-42(38)44-19-7-9-21-46(44)50)33-55(58-56(53)48-23-11-10-22-47(48)51)36-27-25-35(26-28-36)40-29-39-15-3-12-24-54(39)57-34-40/h1-34H. The molecule has 0 N–H and O–H groups in total. The molecular weight excluding hydrogens is 701 g/mol. The molecule has 0 aliphatic heterocycles. The van der Waals surface area contributed by atoms with Crippen molar-refractivity contribution in [2.45, 2.75) is 0 Å². The molecule has 0 aliphatic rings. The molecule has 0 bridgehead atoms. The molecule has 0 fully saturated rings. The Morgan fingerprint density at radius 2 is 0.724 bits per heavy atom. The van der Waals surface area contributed by atoms with Crippen LogP contribution in [0.25, 0.3) is 120 Å². The van der Waals surface area contributed by atoms with Crippen LogP contribution in [0.15, 0.2) is 206 Å². The van der Waals surface area contributed by atoms with Gasteiger partial charge in [-0.15, -0.1) is 0 Å². The molecule has 0 atom stereocenters. The summed E-state index contributed by atoms with van der Waals surface area (Å²) in [4.78, 5) is 10.3. The second-order valence-corrected chi connectivity index (χ2v) is 15.3. The molecule has 0 radical (unpaired) electrons. The Kier molecular flexibility index (Phi) is 7.26. The van der Waals surface area contributed by atoms with Gasteiger partial charge in [0.15, 0.2) is 0 Å². The molecule has 2 nitrogen and oxygen atoms in total. The first kappa shape index (κ1) is 32.6. The lowest BCUT2D eigenvalue weighted by atomic mass is 9.86. The van der Waals surface area contributed by atoms with Crippen LogP contribution in [0.1, 0.15) is 0 Å². The van der Waals surface area contributed by atoms with Gasteiger partial charge in [0.25, 0.3) is 0 Å². The normalized spacial score (nSPS) is 11.8. The largest absolute Gasteiger partial charge is 0.256 e. The Balaban J connectivity index is 1.16.